The lowest BCUT2D eigenvalue weighted by molar-refractivity contribution is 0.904. The van der Waals surface area contributed by atoms with Crippen molar-refractivity contribution in [3.8, 4) is 0 Å². The van der Waals surface area contributed by atoms with Crippen LogP contribution in [0.2, 0.25) is 10.0 Å². The van der Waals surface area contributed by atoms with E-state index in [0.29, 0.717) is 11.6 Å². The van der Waals surface area contributed by atoms with Crippen LogP contribution in [0, 0.1) is 0 Å². The summed E-state index contributed by atoms with van der Waals surface area (Å²) in [4.78, 5) is 2.12. The van der Waals surface area contributed by atoms with Crippen molar-refractivity contribution in [1.29, 1.82) is 0 Å². The van der Waals surface area contributed by atoms with Crippen LogP contribution in [0.1, 0.15) is 11.1 Å². The van der Waals surface area contributed by atoms with Crippen LogP contribution in [-0.4, -0.2) is 7.05 Å². The minimum Gasteiger partial charge on any atom is -0.370 e. The number of nitrogens with two attached hydrogens (primary N) is 1. The summed E-state index contributed by atoms with van der Waals surface area (Å²) >= 11 is 12.1. The van der Waals surface area contributed by atoms with Crippen molar-refractivity contribution in [1.82, 2.24) is 0 Å². The Balaban J connectivity index is 2.24. The molecule has 0 saturated heterocycles. The standard InChI is InChI=1S/C15H16Cl2N2/c1-19(10-11-3-2-4-13(16)7-11)15-8-14(17)6-5-12(15)9-18/h2-8H,9-10,18H2,1H3. The zero-order chi connectivity index (χ0) is 13.8. The van der Waals surface area contributed by atoms with E-state index in [2.05, 4.69) is 11.0 Å². The van der Waals surface area contributed by atoms with Gasteiger partial charge in [-0.05, 0) is 35.4 Å². The molecule has 0 saturated carbocycles. The Kier molecular flexibility index (Phi) is 4.70. The molecule has 2 nitrogen and oxygen atoms in total. The molecular formula is C15H16Cl2N2. The van der Waals surface area contributed by atoms with E-state index >= 15 is 0 Å². The minimum absolute atomic E-state index is 0.492. The second kappa shape index (κ2) is 6.29. The highest BCUT2D eigenvalue weighted by molar-refractivity contribution is 6.31. The van der Waals surface area contributed by atoms with Crippen molar-refractivity contribution >= 4 is 28.9 Å². The molecule has 2 aromatic rings. The molecule has 0 aliphatic heterocycles. The Morgan fingerprint density at radius 2 is 1.79 bits per heavy atom. The first kappa shape index (κ1) is 14.2. The maximum Gasteiger partial charge on any atom is 0.0427 e. The molecule has 0 bridgehead atoms. The summed E-state index contributed by atoms with van der Waals surface area (Å²) < 4.78 is 0. The molecule has 0 atom stereocenters. The van der Waals surface area contributed by atoms with Gasteiger partial charge in [-0.1, -0.05) is 41.4 Å². The molecule has 0 heterocycles. The van der Waals surface area contributed by atoms with Gasteiger partial charge in [-0.2, -0.15) is 0 Å². The van der Waals surface area contributed by atoms with E-state index in [4.69, 9.17) is 28.9 Å². The van der Waals surface area contributed by atoms with E-state index in [1.807, 2.05) is 43.4 Å². The van der Waals surface area contributed by atoms with Crippen molar-refractivity contribution < 1.29 is 0 Å². The average Bonchev–Trinajstić information content (AvgIpc) is 2.38. The number of rotatable bonds is 4. The lowest BCUT2D eigenvalue weighted by Gasteiger charge is -2.22. The van der Waals surface area contributed by atoms with Crippen molar-refractivity contribution in [3.05, 3.63) is 63.6 Å². The highest BCUT2D eigenvalue weighted by atomic mass is 35.5. The Morgan fingerprint density at radius 3 is 2.47 bits per heavy atom. The number of halogens is 2. The second-order valence-corrected chi connectivity index (χ2v) is 5.34. The summed E-state index contributed by atoms with van der Waals surface area (Å²) in [5, 5.41) is 1.46. The van der Waals surface area contributed by atoms with Crippen LogP contribution in [0.5, 0.6) is 0 Å². The summed E-state index contributed by atoms with van der Waals surface area (Å²) in [6.07, 6.45) is 0. The van der Waals surface area contributed by atoms with Gasteiger partial charge in [0.25, 0.3) is 0 Å². The van der Waals surface area contributed by atoms with Gasteiger partial charge in [-0.25, -0.2) is 0 Å². The highest BCUT2D eigenvalue weighted by Crippen LogP contribution is 2.25. The largest absolute Gasteiger partial charge is 0.370 e. The van der Waals surface area contributed by atoms with Crippen molar-refractivity contribution in [2.24, 2.45) is 5.73 Å². The molecule has 2 aromatic carbocycles. The van der Waals surface area contributed by atoms with Crippen LogP contribution in [0.15, 0.2) is 42.5 Å². The summed E-state index contributed by atoms with van der Waals surface area (Å²) in [7, 11) is 2.02. The monoisotopic (exact) mass is 294 g/mol. The molecule has 19 heavy (non-hydrogen) atoms. The molecule has 0 fully saturated rings. The molecule has 2 rings (SSSR count). The van der Waals surface area contributed by atoms with Crippen LogP contribution in [0.4, 0.5) is 5.69 Å². The first-order chi connectivity index (χ1) is 9.10. The Morgan fingerprint density at radius 1 is 1.05 bits per heavy atom. The molecule has 0 unspecified atom stereocenters. The average molecular weight is 295 g/mol. The van der Waals surface area contributed by atoms with E-state index < -0.39 is 0 Å². The maximum atomic E-state index is 6.06. The van der Waals surface area contributed by atoms with E-state index in [1.54, 1.807) is 0 Å². The summed E-state index contributed by atoms with van der Waals surface area (Å²) in [5.74, 6) is 0. The fourth-order valence-electron chi connectivity index (χ4n) is 2.06. The molecule has 0 spiro atoms. The Bertz CT molecular complexity index is 570. The second-order valence-electron chi connectivity index (χ2n) is 4.46. The number of benzene rings is 2. The topological polar surface area (TPSA) is 29.3 Å². The predicted molar refractivity (Wildman–Crippen MR) is 82.9 cm³/mol. The Labute approximate surface area is 123 Å². The van der Waals surface area contributed by atoms with Gasteiger partial charge in [0.05, 0.1) is 0 Å². The number of hydrogen-bond donors (Lipinski definition) is 1. The SMILES string of the molecule is CN(Cc1cccc(Cl)c1)c1cc(Cl)ccc1CN. The van der Waals surface area contributed by atoms with E-state index in [1.165, 1.54) is 0 Å². The zero-order valence-electron chi connectivity index (χ0n) is 10.7. The number of hydrogen-bond acceptors (Lipinski definition) is 2. The fraction of sp³-hybridized carbons (Fsp3) is 0.200. The summed E-state index contributed by atoms with van der Waals surface area (Å²) in [5.41, 5.74) is 9.04. The first-order valence-corrected chi connectivity index (χ1v) is 6.80. The van der Waals surface area contributed by atoms with Gasteiger partial charge in [0, 0.05) is 35.9 Å². The van der Waals surface area contributed by atoms with Crippen LogP contribution >= 0.6 is 23.2 Å². The fourth-order valence-corrected chi connectivity index (χ4v) is 2.44. The maximum absolute atomic E-state index is 6.06. The predicted octanol–water partition coefficient (Wildman–Crippen LogP) is 4.09. The molecular weight excluding hydrogens is 279 g/mol. The number of nitrogens with zero attached hydrogens (tertiary/aromatic N) is 1. The van der Waals surface area contributed by atoms with Gasteiger partial charge >= 0.3 is 0 Å². The third kappa shape index (κ3) is 3.63. The lowest BCUT2D eigenvalue weighted by Crippen LogP contribution is -2.18. The third-order valence-corrected chi connectivity index (χ3v) is 3.46. The molecule has 0 amide bonds. The number of anilines is 1. The van der Waals surface area contributed by atoms with Gasteiger partial charge in [0.1, 0.15) is 0 Å². The summed E-state index contributed by atoms with van der Waals surface area (Å²) in [6.45, 7) is 1.25. The van der Waals surface area contributed by atoms with Crippen LogP contribution < -0.4 is 10.6 Å². The van der Waals surface area contributed by atoms with Gasteiger partial charge in [-0.3, -0.25) is 0 Å². The normalized spacial score (nSPS) is 10.5. The quantitative estimate of drug-likeness (QED) is 0.920. The van der Waals surface area contributed by atoms with Crippen LogP contribution in [0.3, 0.4) is 0 Å². The third-order valence-electron chi connectivity index (χ3n) is 2.99. The van der Waals surface area contributed by atoms with Crippen molar-refractivity contribution in [2.75, 3.05) is 11.9 Å². The molecule has 2 N–H and O–H groups in total. The highest BCUT2D eigenvalue weighted by Gasteiger charge is 2.08. The van der Waals surface area contributed by atoms with Gasteiger partial charge in [-0.15, -0.1) is 0 Å². The molecule has 4 heteroatoms. The van der Waals surface area contributed by atoms with E-state index in [9.17, 15) is 0 Å². The first-order valence-electron chi connectivity index (χ1n) is 6.04. The molecule has 0 radical (unpaired) electrons. The molecule has 100 valence electrons. The van der Waals surface area contributed by atoms with Crippen LogP contribution in [-0.2, 0) is 13.1 Å². The van der Waals surface area contributed by atoms with Crippen molar-refractivity contribution in [3.63, 3.8) is 0 Å². The van der Waals surface area contributed by atoms with Crippen LogP contribution in [0.25, 0.3) is 0 Å². The molecule has 0 aliphatic rings. The van der Waals surface area contributed by atoms with Gasteiger partial charge in [0.2, 0.25) is 0 Å². The molecule has 0 aromatic heterocycles. The minimum atomic E-state index is 0.492. The zero-order valence-corrected chi connectivity index (χ0v) is 12.2. The van der Waals surface area contributed by atoms with E-state index in [-0.39, 0.29) is 0 Å². The Hall–Kier alpha value is -1.22. The summed E-state index contributed by atoms with van der Waals surface area (Å²) in [6, 6.07) is 13.6. The lowest BCUT2D eigenvalue weighted by atomic mass is 10.1. The molecule has 0 aliphatic carbocycles. The van der Waals surface area contributed by atoms with Crippen molar-refractivity contribution in [2.45, 2.75) is 13.1 Å². The van der Waals surface area contributed by atoms with Gasteiger partial charge < -0.3 is 10.6 Å². The van der Waals surface area contributed by atoms with E-state index in [0.717, 1.165) is 28.4 Å². The smallest absolute Gasteiger partial charge is 0.0427 e. The van der Waals surface area contributed by atoms with Gasteiger partial charge in [0.15, 0.2) is 0 Å².